The summed E-state index contributed by atoms with van der Waals surface area (Å²) in [4.78, 5) is 22.4. The first kappa shape index (κ1) is 15.8. The van der Waals surface area contributed by atoms with Gasteiger partial charge in [0, 0.05) is 23.6 Å². The summed E-state index contributed by atoms with van der Waals surface area (Å²) < 4.78 is 4.63. The lowest BCUT2D eigenvalue weighted by Crippen LogP contribution is -2.43. The summed E-state index contributed by atoms with van der Waals surface area (Å²) >= 11 is 11.7. The van der Waals surface area contributed by atoms with Gasteiger partial charge in [0.1, 0.15) is 12.6 Å². The monoisotopic (exact) mass is 305 g/mol. The molecule has 1 atom stereocenters. The molecule has 0 fully saturated rings. The van der Waals surface area contributed by atoms with Crippen LogP contribution in [0.5, 0.6) is 0 Å². The lowest BCUT2D eigenvalue weighted by atomic mass is 10.1. The summed E-state index contributed by atoms with van der Waals surface area (Å²) in [5.74, 6) is -1.64. The van der Waals surface area contributed by atoms with E-state index in [9.17, 15) is 9.59 Å². The summed E-state index contributed by atoms with van der Waals surface area (Å²) in [6, 6.07) is 3.69. The molecule has 0 aliphatic carbocycles. The zero-order valence-electron chi connectivity index (χ0n) is 10.2. The van der Waals surface area contributed by atoms with Crippen LogP contribution in [-0.4, -0.2) is 36.7 Å². The minimum absolute atomic E-state index is 0.0702. The van der Waals surface area contributed by atoms with Gasteiger partial charge in [-0.15, -0.1) is 0 Å². The Bertz CT molecular complexity index is 479. The van der Waals surface area contributed by atoms with Gasteiger partial charge in [-0.2, -0.15) is 0 Å². The Labute approximate surface area is 120 Å². The summed E-state index contributed by atoms with van der Waals surface area (Å²) in [5, 5.41) is 12.2. The first-order chi connectivity index (χ1) is 8.93. The third-order valence-electron chi connectivity index (χ3n) is 2.35. The van der Waals surface area contributed by atoms with Crippen molar-refractivity contribution < 1.29 is 19.4 Å². The van der Waals surface area contributed by atoms with Crippen LogP contribution in [0.1, 0.15) is 5.56 Å². The van der Waals surface area contributed by atoms with Gasteiger partial charge < -0.3 is 15.2 Å². The molecular formula is C12H13Cl2NO4. The van der Waals surface area contributed by atoms with Crippen molar-refractivity contribution in [3.8, 4) is 0 Å². The highest BCUT2D eigenvalue weighted by Crippen LogP contribution is 2.22. The van der Waals surface area contributed by atoms with Gasteiger partial charge in [-0.05, 0) is 17.7 Å². The minimum atomic E-state index is -1.14. The zero-order valence-corrected chi connectivity index (χ0v) is 11.7. The molecule has 5 nitrogen and oxygen atoms in total. The van der Waals surface area contributed by atoms with Crippen LogP contribution in [-0.2, 0) is 20.7 Å². The molecule has 2 N–H and O–H groups in total. The Hall–Kier alpha value is -1.30. The molecule has 0 unspecified atom stereocenters. The third-order valence-corrected chi connectivity index (χ3v) is 2.93. The molecule has 0 bridgehead atoms. The van der Waals surface area contributed by atoms with E-state index in [1.165, 1.54) is 13.2 Å². The van der Waals surface area contributed by atoms with E-state index in [4.69, 9.17) is 28.3 Å². The number of ether oxygens (including phenoxy) is 1. The second-order valence-electron chi connectivity index (χ2n) is 3.83. The molecule has 0 spiro atoms. The van der Waals surface area contributed by atoms with Crippen molar-refractivity contribution in [1.82, 2.24) is 5.32 Å². The van der Waals surface area contributed by atoms with Crippen molar-refractivity contribution in [2.75, 3.05) is 13.7 Å². The van der Waals surface area contributed by atoms with Crippen LogP contribution in [0.15, 0.2) is 18.2 Å². The van der Waals surface area contributed by atoms with E-state index in [1.807, 2.05) is 0 Å². The van der Waals surface area contributed by atoms with Crippen molar-refractivity contribution in [2.24, 2.45) is 0 Å². The molecule has 7 heteroatoms. The van der Waals surface area contributed by atoms with Crippen LogP contribution in [0, 0.1) is 0 Å². The lowest BCUT2D eigenvalue weighted by Gasteiger charge is -2.15. The van der Waals surface area contributed by atoms with Gasteiger partial charge in [0.05, 0.1) is 0 Å². The van der Waals surface area contributed by atoms with Gasteiger partial charge in [0.15, 0.2) is 0 Å². The fourth-order valence-electron chi connectivity index (χ4n) is 1.47. The standard InChI is InChI=1S/C12H13Cl2NO4/c1-19-6-11(16)15-10(12(17)18)4-7-2-3-8(13)5-9(7)14/h2-3,5,10H,4,6H2,1H3,(H,15,16)(H,17,18)/t10-/m0/s1. The molecule has 19 heavy (non-hydrogen) atoms. The molecule has 0 saturated carbocycles. The van der Waals surface area contributed by atoms with Gasteiger partial charge in [0.2, 0.25) is 5.91 Å². The van der Waals surface area contributed by atoms with Gasteiger partial charge in [0.25, 0.3) is 0 Å². The predicted molar refractivity (Wildman–Crippen MR) is 71.6 cm³/mol. The number of amides is 1. The Morgan fingerprint density at radius 2 is 2.11 bits per heavy atom. The number of halogens is 2. The first-order valence-electron chi connectivity index (χ1n) is 5.39. The fraction of sp³-hybridized carbons (Fsp3) is 0.333. The summed E-state index contributed by atoms with van der Waals surface area (Å²) in [6.07, 6.45) is 0.0702. The Morgan fingerprint density at radius 3 is 2.63 bits per heavy atom. The molecule has 1 amide bonds. The van der Waals surface area contributed by atoms with Gasteiger partial charge in [-0.1, -0.05) is 29.3 Å². The van der Waals surface area contributed by atoms with Gasteiger partial charge in [-0.25, -0.2) is 4.79 Å². The number of hydrogen-bond donors (Lipinski definition) is 2. The average molecular weight is 306 g/mol. The molecule has 0 aromatic heterocycles. The SMILES string of the molecule is COCC(=O)N[C@@H](Cc1ccc(Cl)cc1Cl)C(=O)O. The van der Waals surface area contributed by atoms with Gasteiger partial charge >= 0.3 is 5.97 Å². The number of carboxylic acid groups (broad SMARTS) is 1. The van der Waals surface area contributed by atoms with Crippen LogP contribution in [0.3, 0.4) is 0 Å². The van der Waals surface area contributed by atoms with E-state index in [1.54, 1.807) is 12.1 Å². The van der Waals surface area contributed by atoms with Crippen molar-refractivity contribution in [2.45, 2.75) is 12.5 Å². The van der Waals surface area contributed by atoms with Crippen molar-refractivity contribution >= 4 is 35.1 Å². The van der Waals surface area contributed by atoms with Gasteiger partial charge in [-0.3, -0.25) is 4.79 Å². The molecule has 0 heterocycles. The predicted octanol–water partition coefficient (Wildman–Crippen LogP) is 1.75. The molecule has 0 aliphatic rings. The molecular weight excluding hydrogens is 293 g/mol. The molecule has 0 radical (unpaired) electrons. The number of carbonyl (C=O) groups excluding carboxylic acids is 1. The maximum absolute atomic E-state index is 11.3. The van der Waals surface area contributed by atoms with Crippen LogP contribution >= 0.6 is 23.2 Å². The number of nitrogens with one attached hydrogen (secondary N) is 1. The van der Waals surface area contributed by atoms with E-state index in [0.717, 1.165) is 0 Å². The van der Waals surface area contributed by atoms with Crippen LogP contribution in [0.4, 0.5) is 0 Å². The number of benzene rings is 1. The molecule has 1 aromatic rings. The first-order valence-corrected chi connectivity index (χ1v) is 6.14. The van der Waals surface area contributed by atoms with Crippen molar-refractivity contribution in [1.29, 1.82) is 0 Å². The molecule has 0 aliphatic heterocycles. The Kier molecular flexibility index (Phi) is 6.08. The fourth-order valence-corrected chi connectivity index (χ4v) is 1.96. The minimum Gasteiger partial charge on any atom is -0.480 e. The lowest BCUT2D eigenvalue weighted by molar-refractivity contribution is -0.142. The summed E-state index contributed by atoms with van der Waals surface area (Å²) in [7, 11) is 1.35. The van der Waals surface area contributed by atoms with Crippen molar-refractivity contribution in [3.63, 3.8) is 0 Å². The third kappa shape index (κ3) is 5.06. The van der Waals surface area contributed by atoms with E-state index >= 15 is 0 Å². The Balaban J connectivity index is 2.78. The van der Waals surface area contributed by atoms with Crippen LogP contribution in [0.25, 0.3) is 0 Å². The highest BCUT2D eigenvalue weighted by Gasteiger charge is 2.21. The van der Waals surface area contributed by atoms with Crippen LogP contribution in [0.2, 0.25) is 10.0 Å². The normalized spacial score (nSPS) is 11.9. The number of aliphatic carboxylic acids is 1. The van der Waals surface area contributed by atoms with Crippen LogP contribution < -0.4 is 5.32 Å². The second-order valence-corrected chi connectivity index (χ2v) is 4.67. The second kappa shape index (κ2) is 7.33. The number of carboxylic acids is 1. The topological polar surface area (TPSA) is 75.6 Å². The Morgan fingerprint density at radius 1 is 1.42 bits per heavy atom. The highest BCUT2D eigenvalue weighted by atomic mass is 35.5. The molecule has 1 aromatic carbocycles. The molecule has 0 saturated heterocycles. The summed E-state index contributed by atoms with van der Waals surface area (Å²) in [5.41, 5.74) is 0.594. The molecule has 1 rings (SSSR count). The smallest absolute Gasteiger partial charge is 0.326 e. The van der Waals surface area contributed by atoms with E-state index in [-0.39, 0.29) is 13.0 Å². The van der Waals surface area contributed by atoms with E-state index in [2.05, 4.69) is 10.1 Å². The maximum atomic E-state index is 11.3. The average Bonchev–Trinajstić information content (AvgIpc) is 2.31. The van der Waals surface area contributed by atoms with E-state index < -0.39 is 17.9 Å². The largest absolute Gasteiger partial charge is 0.480 e. The highest BCUT2D eigenvalue weighted by molar-refractivity contribution is 6.35. The molecule has 104 valence electrons. The number of methoxy groups -OCH3 is 1. The maximum Gasteiger partial charge on any atom is 0.326 e. The number of hydrogen-bond acceptors (Lipinski definition) is 3. The zero-order chi connectivity index (χ0) is 14.4. The number of carbonyl (C=O) groups is 2. The quantitative estimate of drug-likeness (QED) is 0.839. The van der Waals surface area contributed by atoms with Crippen molar-refractivity contribution in [3.05, 3.63) is 33.8 Å². The number of rotatable bonds is 6. The summed E-state index contributed by atoms with van der Waals surface area (Å²) in [6.45, 7) is -0.196. The van der Waals surface area contributed by atoms with E-state index in [0.29, 0.717) is 15.6 Å².